The van der Waals surface area contributed by atoms with Crippen LogP contribution in [0.3, 0.4) is 0 Å². The van der Waals surface area contributed by atoms with E-state index >= 15 is 0 Å². The molecule has 1 atom stereocenters. The van der Waals surface area contributed by atoms with Gasteiger partial charge in [-0.15, -0.1) is 5.92 Å². The van der Waals surface area contributed by atoms with Gasteiger partial charge in [-0.3, -0.25) is 6.42 Å². The third-order valence-corrected chi connectivity index (χ3v) is 1.85. The average Bonchev–Trinajstić information content (AvgIpc) is 2.62. The van der Waals surface area contributed by atoms with Crippen molar-refractivity contribution in [3.05, 3.63) is 42.3 Å². The molecule has 2 rings (SSSR count). The molecule has 3 heteroatoms. The Morgan fingerprint density at radius 3 is 2.08 bits per heavy atom. The van der Waals surface area contributed by atoms with Crippen LogP contribution in [-0.2, 0) is 0 Å². The molecule has 1 aliphatic rings. The van der Waals surface area contributed by atoms with Gasteiger partial charge in [0.25, 0.3) is 0 Å². The molecule has 1 aromatic carbocycles. The van der Waals surface area contributed by atoms with Crippen molar-refractivity contribution in [3.8, 4) is 0 Å². The maximum Gasteiger partial charge on any atom is 1.00 e. The van der Waals surface area contributed by atoms with Gasteiger partial charge in [0.15, 0.2) is 0 Å². The van der Waals surface area contributed by atoms with E-state index in [1.54, 1.807) is 24.3 Å². The van der Waals surface area contributed by atoms with Crippen LogP contribution in [0.5, 0.6) is 0 Å². The molecule has 0 bridgehead atoms. The van der Waals surface area contributed by atoms with Crippen LogP contribution < -0.4 is 51.4 Å². The zero-order valence-electron chi connectivity index (χ0n) is 6.80. The molecule has 1 aromatic rings. The molecular formula is C9H7F2K. The van der Waals surface area contributed by atoms with Gasteiger partial charge >= 0.3 is 51.4 Å². The minimum Gasteiger partial charge on any atom is -0.252 e. The summed E-state index contributed by atoms with van der Waals surface area (Å²) in [5.74, 6) is -3.19. The molecule has 58 valence electrons. The van der Waals surface area contributed by atoms with E-state index in [4.69, 9.17) is 0 Å². The van der Waals surface area contributed by atoms with E-state index in [1.807, 2.05) is 6.07 Å². The normalized spacial score (nSPS) is 24.3. The molecule has 0 saturated heterocycles. The third-order valence-electron chi connectivity index (χ3n) is 1.85. The molecule has 1 fully saturated rings. The first-order valence-electron chi connectivity index (χ1n) is 3.49. The Morgan fingerprint density at radius 1 is 1.17 bits per heavy atom. The smallest absolute Gasteiger partial charge is 0.252 e. The zero-order valence-corrected chi connectivity index (χ0v) is 9.92. The molecule has 0 heterocycles. The predicted molar refractivity (Wildman–Crippen MR) is 38.4 cm³/mol. The fourth-order valence-corrected chi connectivity index (χ4v) is 1.15. The molecule has 0 amide bonds. The first-order chi connectivity index (χ1) is 5.20. The van der Waals surface area contributed by atoms with Crippen molar-refractivity contribution in [2.45, 2.75) is 11.8 Å². The number of hydrogen-bond donors (Lipinski definition) is 0. The Hall–Kier alpha value is 0.716. The maximum atomic E-state index is 12.4. The largest absolute Gasteiger partial charge is 1.00 e. The number of alkyl halides is 2. The molecule has 0 unspecified atom stereocenters. The Labute approximate surface area is 113 Å². The summed E-state index contributed by atoms with van der Waals surface area (Å²) >= 11 is 0. The monoisotopic (exact) mass is 192 g/mol. The minimum absolute atomic E-state index is 0. The van der Waals surface area contributed by atoms with Gasteiger partial charge in [-0.25, -0.2) is 8.78 Å². The number of halogens is 2. The molecule has 0 radical (unpaired) electrons. The Kier molecular flexibility index (Phi) is 3.46. The number of rotatable bonds is 1. The second-order valence-corrected chi connectivity index (χ2v) is 2.73. The summed E-state index contributed by atoms with van der Waals surface area (Å²) in [6, 6.07) is 8.82. The quantitative estimate of drug-likeness (QED) is 0.420. The van der Waals surface area contributed by atoms with Crippen molar-refractivity contribution in [3.63, 3.8) is 0 Å². The topological polar surface area (TPSA) is 0 Å². The minimum atomic E-state index is -2.55. The fourth-order valence-electron chi connectivity index (χ4n) is 1.15. The third kappa shape index (κ3) is 2.15. The standard InChI is InChI=1S/C9H7F2.K/c10-9(11)6-8(9)7-4-2-1-3-5-7;/h1-6,8H;/q-1;+1/t8-;/m0./s1. The molecule has 0 aromatic heterocycles. The van der Waals surface area contributed by atoms with Gasteiger partial charge in [-0.1, -0.05) is 35.9 Å². The van der Waals surface area contributed by atoms with Gasteiger partial charge in [0.1, 0.15) is 5.92 Å². The van der Waals surface area contributed by atoms with Crippen LogP contribution in [0, 0.1) is 6.42 Å². The van der Waals surface area contributed by atoms with Crippen molar-refractivity contribution in [1.82, 2.24) is 0 Å². The molecule has 0 nitrogen and oxygen atoms in total. The van der Waals surface area contributed by atoms with Crippen LogP contribution in [0.1, 0.15) is 11.5 Å². The molecule has 12 heavy (non-hydrogen) atoms. The predicted octanol–water partition coefficient (Wildman–Crippen LogP) is -0.373. The van der Waals surface area contributed by atoms with Gasteiger partial charge in [0.05, 0.1) is 0 Å². The van der Waals surface area contributed by atoms with Crippen molar-refractivity contribution in [1.29, 1.82) is 0 Å². The Morgan fingerprint density at radius 2 is 1.67 bits per heavy atom. The van der Waals surface area contributed by atoms with Crippen LogP contribution in [-0.4, -0.2) is 5.92 Å². The van der Waals surface area contributed by atoms with E-state index in [0.29, 0.717) is 5.56 Å². The van der Waals surface area contributed by atoms with Crippen molar-refractivity contribution in [2.75, 3.05) is 0 Å². The van der Waals surface area contributed by atoms with E-state index < -0.39 is 11.8 Å². The van der Waals surface area contributed by atoms with Gasteiger partial charge in [0.2, 0.25) is 0 Å². The first kappa shape index (κ1) is 10.8. The van der Waals surface area contributed by atoms with Gasteiger partial charge in [-0.05, 0) is 0 Å². The summed E-state index contributed by atoms with van der Waals surface area (Å²) in [5, 5.41) is 0. The Bertz CT molecular complexity index is 258. The molecule has 0 spiro atoms. The van der Waals surface area contributed by atoms with E-state index in [9.17, 15) is 8.78 Å². The zero-order chi connectivity index (χ0) is 7.90. The number of hydrogen-bond acceptors (Lipinski definition) is 0. The van der Waals surface area contributed by atoms with Crippen LogP contribution >= 0.6 is 0 Å². The summed E-state index contributed by atoms with van der Waals surface area (Å²) in [6.45, 7) is 0. The van der Waals surface area contributed by atoms with E-state index in [1.165, 1.54) is 0 Å². The van der Waals surface area contributed by atoms with E-state index in [2.05, 4.69) is 0 Å². The van der Waals surface area contributed by atoms with Crippen LogP contribution in [0.15, 0.2) is 30.3 Å². The molecule has 1 saturated carbocycles. The SMILES string of the molecule is FC1(F)[CH-][C@H]1c1ccccc1.[K+]. The summed E-state index contributed by atoms with van der Waals surface area (Å²) in [4.78, 5) is 0. The molecular weight excluding hydrogens is 185 g/mol. The van der Waals surface area contributed by atoms with Crippen molar-refractivity contribution >= 4 is 0 Å². The Balaban J connectivity index is 0.000000720. The average molecular weight is 192 g/mol. The van der Waals surface area contributed by atoms with E-state index in [0.717, 1.165) is 6.42 Å². The van der Waals surface area contributed by atoms with Crippen LogP contribution in [0.2, 0.25) is 0 Å². The van der Waals surface area contributed by atoms with Crippen molar-refractivity contribution < 1.29 is 60.2 Å². The molecule has 0 N–H and O–H groups in total. The second kappa shape index (κ2) is 3.84. The van der Waals surface area contributed by atoms with Gasteiger partial charge in [-0.2, -0.15) is 0 Å². The van der Waals surface area contributed by atoms with Crippen molar-refractivity contribution in [2.24, 2.45) is 0 Å². The fraction of sp³-hybridized carbons (Fsp3) is 0.222. The second-order valence-electron chi connectivity index (χ2n) is 2.73. The summed E-state index contributed by atoms with van der Waals surface area (Å²) < 4.78 is 24.9. The van der Waals surface area contributed by atoms with Crippen LogP contribution in [0.25, 0.3) is 0 Å². The molecule has 1 aliphatic carbocycles. The first-order valence-corrected chi connectivity index (χ1v) is 3.49. The van der Waals surface area contributed by atoms with Gasteiger partial charge < -0.3 is 0 Å². The van der Waals surface area contributed by atoms with Crippen LogP contribution in [0.4, 0.5) is 8.78 Å². The van der Waals surface area contributed by atoms with Gasteiger partial charge in [0, 0.05) is 0 Å². The maximum absolute atomic E-state index is 12.4. The summed E-state index contributed by atoms with van der Waals surface area (Å²) in [5.41, 5.74) is 0.706. The summed E-state index contributed by atoms with van der Waals surface area (Å²) in [6.07, 6.45) is 1.06. The summed E-state index contributed by atoms with van der Waals surface area (Å²) in [7, 11) is 0. The number of benzene rings is 1. The van der Waals surface area contributed by atoms with E-state index in [-0.39, 0.29) is 51.4 Å². The molecule has 0 aliphatic heterocycles.